The second kappa shape index (κ2) is 11.2. The highest BCUT2D eigenvalue weighted by molar-refractivity contribution is 7.90. The molecule has 0 saturated heterocycles. The Labute approximate surface area is 216 Å². The number of ether oxygens (including phenoxy) is 1. The third-order valence-electron chi connectivity index (χ3n) is 5.98. The maximum absolute atomic E-state index is 13.7. The second-order valence-corrected chi connectivity index (χ2v) is 10.0. The number of amides is 2. The highest BCUT2D eigenvalue weighted by Crippen LogP contribution is 2.22. The third kappa shape index (κ3) is 5.95. The first-order chi connectivity index (χ1) is 17.8. The van der Waals surface area contributed by atoms with Crippen molar-refractivity contribution in [3.8, 4) is 5.88 Å². The highest BCUT2D eigenvalue weighted by Gasteiger charge is 2.34. The summed E-state index contributed by atoms with van der Waals surface area (Å²) in [7, 11) is -2.75. The van der Waals surface area contributed by atoms with Crippen LogP contribution >= 0.6 is 0 Å². The number of hydrogen-bond acceptors (Lipinski definition) is 6. The van der Waals surface area contributed by atoms with E-state index < -0.39 is 27.8 Å². The van der Waals surface area contributed by atoms with Crippen LogP contribution in [0.1, 0.15) is 12.5 Å². The predicted octanol–water partition coefficient (Wildman–Crippen LogP) is 3.96. The van der Waals surface area contributed by atoms with Gasteiger partial charge in [-0.3, -0.25) is 9.59 Å². The Bertz CT molecular complexity index is 1510. The number of para-hydroxylation sites is 1. The Morgan fingerprint density at radius 1 is 0.946 bits per heavy atom. The average Bonchev–Trinajstić information content (AvgIpc) is 2.92. The van der Waals surface area contributed by atoms with Crippen LogP contribution in [0.4, 0.5) is 5.69 Å². The number of anilines is 1. The van der Waals surface area contributed by atoms with Gasteiger partial charge in [-0.1, -0.05) is 54.6 Å². The molecule has 2 amide bonds. The van der Waals surface area contributed by atoms with E-state index in [1.807, 2.05) is 18.2 Å². The number of carbonyl (C=O) groups is 2. The molecule has 37 heavy (non-hydrogen) atoms. The molecule has 0 bridgehead atoms. The molecule has 3 aromatic carbocycles. The second-order valence-electron chi connectivity index (χ2n) is 8.36. The standard InChI is InChI=1S/C28H27N3O5S/c1-3-31(23-11-5-4-6-12-23)28(33)25(17-20-13-16-26(36-2)29-19-20)27(32)30-37(34,35)24-15-14-21-9-7-8-10-22(21)18-24/h4-16,18-19,25H,3,17H2,1-2H3,(H,30,32). The van der Waals surface area contributed by atoms with Gasteiger partial charge in [0.05, 0.1) is 12.0 Å². The monoisotopic (exact) mass is 517 g/mol. The van der Waals surface area contributed by atoms with E-state index in [1.54, 1.807) is 61.5 Å². The molecule has 4 rings (SSSR count). The molecule has 0 aliphatic rings. The zero-order valence-corrected chi connectivity index (χ0v) is 21.3. The van der Waals surface area contributed by atoms with E-state index >= 15 is 0 Å². The summed E-state index contributed by atoms with van der Waals surface area (Å²) in [5, 5.41) is 1.59. The zero-order valence-electron chi connectivity index (χ0n) is 20.5. The first-order valence-electron chi connectivity index (χ1n) is 11.7. The fraction of sp³-hybridized carbons (Fsp3) is 0.179. The molecule has 190 valence electrons. The quantitative estimate of drug-likeness (QED) is 0.337. The molecule has 1 aromatic heterocycles. The Balaban J connectivity index is 1.65. The summed E-state index contributed by atoms with van der Waals surface area (Å²) in [5.41, 5.74) is 1.19. The molecular weight excluding hydrogens is 490 g/mol. The van der Waals surface area contributed by atoms with Crippen molar-refractivity contribution < 1.29 is 22.7 Å². The molecule has 4 aromatic rings. The van der Waals surface area contributed by atoms with E-state index in [9.17, 15) is 18.0 Å². The third-order valence-corrected chi connectivity index (χ3v) is 7.32. The minimum Gasteiger partial charge on any atom is -0.481 e. The van der Waals surface area contributed by atoms with Crippen molar-refractivity contribution in [1.29, 1.82) is 0 Å². The van der Waals surface area contributed by atoms with E-state index in [1.165, 1.54) is 30.3 Å². The van der Waals surface area contributed by atoms with Gasteiger partial charge in [-0.15, -0.1) is 0 Å². The highest BCUT2D eigenvalue weighted by atomic mass is 32.2. The van der Waals surface area contributed by atoms with Crippen LogP contribution in [0.2, 0.25) is 0 Å². The van der Waals surface area contributed by atoms with Gasteiger partial charge in [0.25, 0.3) is 10.0 Å². The van der Waals surface area contributed by atoms with E-state index in [-0.39, 0.29) is 11.3 Å². The van der Waals surface area contributed by atoms with Crippen LogP contribution in [0.25, 0.3) is 10.8 Å². The van der Waals surface area contributed by atoms with Crippen LogP contribution in [-0.4, -0.2) is 38.9 Å². The number of sulfonamides is 1. The van der Waals surface area contributed by atoms with Crippen molar-refractivity contribution in [2.45, 2.75) is 18.2 Å². The Morgan fingerprint density at radius 2 is 1.65 bits per heavy atom. The van der Waals surface area contributed by atoms with Gasteiger partial charge in [0.15, 0.2) is 0 Å². The first-order valence-corrected chi connectivity index (χ1v) is 13.2. The summed E-state index contributed by atoms with van der Waals surface area (Å²) in [6, 6.07) is 24.2. The van der Waals surface area contributed by atoms with Gasteiger partial charge in [0.2, 0.25) is 17.7 Å². The van der Waals surface area contributed by atoms with E-state index in [0.717, 1.165) is 10.8 Å². The van der Waals surface area contributed by atoms with Gasteiger partial charge in [0, 0.05) is 24.5 Å². The fourth-order valence-corrected chi connectivity index (χ4v) is 5.09. The number of aromatic nitrogens is 1. The molecule has 0 fully saturated rings. The topological polar surface area (TPSA) is 106 Å². The van der Waals surface area contributed by atoms with Crippen LogP contribution in [0.3, 0.4) is 0 Å². The number of carbonyl (C=O) groups excluding carboxylic acids is 2. The Hall–Kier alpha value is -4.24. The molecule has 0 aliphatic heterocycles. The summed E-state index contributed by atoms with van der Waals surface area (Å²) in [4.78, 5) is 32.6. The molecular formula is C28H27N3O5S. The number of nitrogens with one attached hydrogen (secondary N) is 1. The van der Waals surface area contributed by atoms with Gasteiger partial charge >= 0.3 is 0 Å². The lowest BCUT2D eigenvalue weighted by Gasteiger charge is -2.26. The van der Waals surface area contributed by atoms with Gasteiger partial charge in [0.1, 0.15) is 5.92 Å². The lowest BCUT2D eigenvalue weighted by Crippen LogP contribution is -2.46. The molecule has 9 heteroatoms. The summed E-state index contributed by atoms with van der Waals surface area (Å²) < 4.78 is 33.6. The van der Waals surface area contributed by atoms with Crippen molar-refractivity contribution in [3.63, 3.8) is 0 Å². The Morgan fingerprint density at radius 3 is 2.30 bits per heavy atom. The van der Waals surface area contributed by atoms with Gasteiger partial charge < -0.3 is 9.64 Å². The van der Waals surface area contributed by atoms with Crippen LogP contribution in [0.5, 0.6) is 5.88 Å². The lowest BCUT2D eigenvalue weighted by molar-refractivity contribution is -0.132. The SMILES string of the molecule is CCN(C(=O)C(Cc1ccc(OC)nc1)C(=O)NS(=O)(=O)c1ccc2ccccc2c1)c1ccccc1. The smallest absolute Gasteiger partial charge is 0.264 e. The minimum atomic E-state index is -4.24. The van der Waals surface area contributed by atoms with Crippen molar-refractivity contribution in [3.05, 3.63) is 96.7 Å². The molecule has 0 saturated carbocycles. The maximum Gasteiger partial charge on any atom is 0.264 e. The minimum absolute atomic E-state index is 0.0434. The van der Waals surface area contributed by atoms with Crippen LogP contribution < -0.4 is 14.4 Å². The first kappa shape index (κ1) is 25.8. The van der Waals surface area contributed by atoms with E-state index in [4.69, 9.17) is 4.74 Å². The largest absolute Gasteiger partial charge is 0.481 e. The maximum atomic E-state index is 13.7. The predicted molar refractivity (Wildman–Crippen MR) is 142 cm³/mol. The van der Waals surface area contributed by atoms with Crippen molar-refractivity contribution in [1.82, 2.24) is 9.71 Å². The van der Waals surface area contributed by atoms with E-state index in [0.29, 0.717) is 23.7 Å². The molecule has 0 radical (unpaired) electrons. The number of benzene rings is 3. The number of nitrogens with zero attached hydrogens (tertiary/aromatic N) is 2. The normalized spacial score (nSPS) is 12.1. The van der Waals surface area contributed by atoms with Crippen LogP contribution in [0, 0.1) is 5.92 Å². The molecule has 1 unspecified atom stereocenters. The Kier molecular flexibility index (Phi) is 7.83. The van der Waals surface area contributed by atoms with Crippen LogP contribution in [0.15, 0.2) is 96.0 Å². The van der Waals surface area contributed by atoms with Crippen molar-refractivity contribution >= 4 is 38.3 Å². The average molecular weight is 518 g/mol. The summed E-state index contributed by atoms with van der Waals surface area (Å²) in [5.74, 6) is -2.36. The summed E-state index contributed by atoms with van der Waals surface area (Å²) in [6.45, 7) is 2.09. The van der Waals surface area contributed by atoms with Gasteiger partial charge in [-0.2, -0.15) is 0 Å². The fourth-order valence-electron chi connectivity index (χ4n) is 4.04. The van der Waals surface area contributed by atoms with Crippen molar-refractivity contribution in [2.75, 3.05) is 18.6 Å². The molecule has 1 atom stereocenters. The summed E-state index contributed by atoms with van der Waals surface area (Å²) >= 11 is 0. The molecule has 1 heterocycles. The number of fused-ring (bicyclic) bond motifs is 1. The van der Waals surface area contributed by atoms with Crippen LogP contribution in [-0.2, 0) is 26.0 Å². The van der Waals surface area contributed by atoms with Gasteiger partial charge in [-0.25, -0.2) is 18.1 Å². The lowest BCUT2D eigenvalue weighted by atomic mass is 9.98. The van der Waals surface area contributed by atoms with Crippen molar-refractivity contribution in [2.24, 2.45) is 5.92 Å². The molecule has 0 aliphatic carbocycles. The molecule has 8 nitrogen and oxygen atoms in total. The number of hydrogen-bond donors (Lipinski definition) is 1. The summed E-state index contributed by atoms with van der Waals surface area (Å²) in [6.07, 6.45) is 1.46. The number of pyridine rings is 1. The molecule has 1 N–H and O–H groups in total. The number of rotatable bonds is 9. The number of methoxy groups -OCH3 is 1. The zero-order chi connectivity index (χ0) is 26.4. The van der Waals surface area contributed by atoms with Gasteiger partial charge in [-0.05, 0) is 53.9 Å². The van der Waals surface area contributed by atoms with E-state index in [2.05, 4.69) is 9.71 Å². The molecule has 0 spiro atoms.